The third-order valence-electron chi connectivity index (χ3n) is 8.43. The molecule has 0 rings (SSSR count). The van der Waals surface area contributed by atoms with Gasteiger partial charge in [-0.25, -0.2) is 4.57 Å². The zero-order valence-corrected chi connectivity index (χ0v) is 31.7. The van der Waals surface area contributed by atoms with Crippen molar-refractivity contribution in [1.29, 1.82) is 0 Å². The van der Waals surface area contributed by atoms with E-state index in [4.69, 9.17) is 24.3 Å². The summed E-state index contributed by atoms with van der Waals surface area (Å²) in [5.74, 6) is -0.337. The number of rotatable bonds is 38. The van der Waals surface area contributed by atoms with Crippen LogP contribution in [0.15, 0.2) is 12.2 Å². The minimum Gasteiger partial charge on any atom is -0.457 e. The fraction of sp³-hybridized carbons (Fsp3) is 0.921. The van der Waals surface area contributed by atoms with Crippen LogP contribution in [0.3, 0.4) is 0 Å². The van der Waals surface area contributed by atoms with Crippen LogP contribution in [0.4, 0.5) is 0 Å². The van der Waals surface area contributed by atoms with Gasteiger partial charge < -0.3 is 20.1 Å². The Balaban J connectivity index is 4.06. The van der Waals surface area contributed by atoms with Gasteiger partial charge in [-0.05, 0) is 38.5 Å². The summed E-state index contributed by atoms with van der Waals surface area (Å²) in [7, 11) is -4.27. The highest BCUT2D eigenvalue weighted by molar-refractivity contribution is 7.47. The van der Waals surface area contributed by atoms with Crippen molar-refractivity contribution in [2.24, 2.45) is 5.73 Å². The van der Waals surface area contributed by atoms with Crippen LogP contribution in [0.5, 0.6) is 0 Å². The molecule has 0 radical (unpaired) electrons. The number of allylic oxidation sites excluding steroid dienone is 2. The van der Waals surface area contributed by atoms with Gasteiger partial charge in [0.25, 0.3) is 0 Å². The van der Waals surface area contributed by atoms with Crippen molar-refractivity contribution in [3.63, 3.8) is 0 Å². The predicted octanol–water partition coefficient (Wildman–Crippen LogP) is 11.1. The second-order valence-electron chi connectivity index (χ2n) is 13.1. The Morgan fingerprint density at radius 1 is 0.617 bits per heavy atom. The van der Waals surface area contributed by atoms with E-state index in [2.05, 4.69) is 26.0 Å². The molecule has 0 bridgehead atoms. The molecule has 0 aliphatic rings. The molecular formula is C38H76NO7P. The van der Waals surface area contributed by atoms with E-state index in [9.17, 15) is 14.3 Å². The summed E-state index contributed by atoms with van der Waals surface area (Å²) in [4.78, 5) is 22.4. The summed E-state index contributed by atoms with van der Waals surface area (Å²) >= 11 is 0. The lowest BCUT2D eigenvalue weighted by Crippen LogP contribution is -2.28. The van der Waals surface area contributed by atoms with Crippen LogP contribution in [0, 0.1) is 0 Å². The Hall–Kier alpha value is -0.760. The zero-order valence-electron chi connectivity index (χ0n) is 30.8. The summed E-state index contributed by atoms with van der Waals surface area (Å²) in [6, 6.07) is 0. The quantitative estimate of drug-likeness (QED) is 0.0285. The molecule has 9 heteroatoms. The number of ether oxygens (including phenoxy) is 2. The van der Waals surface area contributed by atoms with Gasteiger partial charge in [0, 0.05) is 19.6 Å². The normalized spacial score (nSPS) is 13.7. The molecule has 0 aliphatic carbocycles. The molecule has 47 heavy (non-hydrogen) atoms. The number of carbonyl (C=O) groups is 1. The molecule has 0 amide bonds. The van der Waals surface area contributed by atoms with Gasteiger partial charge in [0.2, 0.25) is 0 Å². The van der Waals surface area contributed by atoms with E-state index >= 15 is 0 Å². The number of unbranched alkanes of at least 4 members (excludes halogenated alkanes) is 23. The lowest BCUT2D eigenvalue weighted by Gasteiger charge is -2.20. The van der Waals surface area contributed by atoms with Gasteiger partial charge >= 0.3 is 13.8 Å². The fourth-order valence-corrected chi connectivity index (χ4v) is 6.29. The van der Waals surface area contributed by atoms with Crippen LogP contribution >= 0.6 is 7.82 Å². The van der Waals surface area contributed by atoms with E-state index in [0.29, 0.717) is 13.0 Å². The van der Waals surface area contributed by atoms with Crippen molar-refractivity contribution < 1.29 is 32.8 Å². The average molecular weight is 690 g/mol. The topological polar surface area (TPSA) is 117 Å². The predicted molar refractivity (Wildman–Crippen MR) is 197 cm³/mol. The Morgan fingerprint density at radius 3 is 1.55 bits per heavy atom. The van der Waals surface area contributed by atoms with Gasteiger partial charge in [0.15, 0.2) is 0 Å². The lowest BCUT2D eigenvalue weighted by atomic mass is 10.1. The lowest BCUT2D eigenvalue weighted by molar-refractivity contribution is -0.154. The molecule has 2 atom stereocenters. The smallest absolute Gasteiger partial charge is 0.457 e. The Kier molecular flexibility index (Phi) is 35.9. The summed E-state index contributed by atoms with van der Waals surface area (Å²) in [5, 5.41) is 0. The Labute approximate surface area is 290 Å². The van der Waals surface area contributed by atoms with Gasteiger partial charge in [-0.3, -0.25) is 13.8 Å². The van der Waals surface area contributed by atoms with E-state index in [1.54, 1.807) is 0 Å². The first kappa shape index (κ1) is 46.2. The maximum absolute atomic E-state index is 12.5. The van der Waals surface area contributed by atoms with Crippen molar-refractivity contribution in [3.8, 4) is 0 Å². The van der Waals surface area contributed by atoms with Crippen LogP contribution in [0.2, 0.25) is 0 Å². The van der Waals surface area contributed by atoms with Crippen molar-refractivity contribution in [1.82, 2.24) is 0 Å². The maximum atomic E-state index is 12.5. The number of hydrogen-bond donors (Lipinski definition) is 2. The van der Waals surface area contributed by atoms with Gasteiger partial charge in [-0.1, -0.05) is 154 Å². The molecule has 0 aliphatic heterocycles. The fourth-order valence-electron chi connectivity index (χ4n) is 5.52. The van der Waals surface area contributed by atoms with Crippen molar-refractivity contribution in [3.05, 3.63) is 12.2 Å². The second kappa shape index (κ2) is 36.5. The van der Waals surface area contributed by atoms with Crippen LogP contribution in [0.1, 0.15) is 187 Å². The van der Waals surface area contributed by atoms with Gasteiger partial charge in [-0.15, -0.1) is 0 Å². The maximum Gasteiger partial charge on any atom is 0.472 e. The van der Waals surface area contributed by atoms with E-state index in [0.717, 1.165) is 44.9 Å². The second-order valence-corrected chi connectivity index (χ2v) is 14.6. The van der Waals surface area contributed by atoms with Gasteiger partial charge in [0.05, 0.1) is 19.8 Å². The van der Waals surface area contributed by atoms with Gasteiger partial charge in [0.1, 0.15) is 6.10 Å². The number of hydrogen-bond acceptors (Lipinski definition) is 7. The van der Waals surface area contributed by atoms with Crippen molar-refractivity contribution >= 4 is 13.8 Å². The number of nitrogens with two attached hydrogens (primary N) is 1. The first-order valence-corrected chi connectivity index (χ1v) is 21.2. The van der Waals surface area contributed by atoms with E-state index in [1.165, 1.54) is 122 Å². The molecule has 0 aromatic heterocycles. The largest absolute Gasteiger partial charge is 0.472 e. The summed E-state index contributed by atoms with van der Waals surface area (Å²) in [6.07, 6.45) is 36.5. The van der Waals surface area contributed by atoms with Crippen LogP contribution < -0.4 is 5.73 Å². The molecule has 0 aromatic rings. The SMILES string of the molecule is CCCCCCCCC/C=C\CCCCCCCC(=O)OC(COCCCCCCCCCCCCCC)COP(=O)(O)OCCN. The summed E-state index contributed by atoms with van der Waals surface area (Å²) < 4.78 is 33.3. The average Bonchev–Trinajstić information content (AvgIpc) is 3.06. The first-order valence-electron chi connectivity index (χ1n) is 19.7. The molecule has 8 nitrogen and oxygen atoms in total. The number of phosphoric ester groups is 1. The highest BCUT2D eigenvalue weighted by atomic mass is 31.2. The van der Waals surface area contributed by atoms with E-state index in [1.807, 2.05) is 0 Å². The zero-order chi connectivity index (χ0) is 34.5. The molecule has 0 fully saturated rings. The van der Waals surface area contributed by atoms with Crippen LogP contribution in [-0.2, 0) is 27.9 Å². The molecule has 0 heterocycles. The minimum absolute atomic E-state index is 0.0940. The van der Waals surface area contributed by atoms with Crippen molar-refractivity contribution in [2.45, 2.75) is 193 Å². The molecule has 2 unspecified atom stereocenters. The van der Waals surface area contributed by atoms with E-state index < -0.39 is 13.9 Å². The van der Waals surface area contributed by atoms with Crippen LogP contribution in [0.25, 0.3) is 0 Å². The highest BCUT2D eigenvalue weighted by Gasteiger charge is 2.25. The Morgan fingerprint density at radius 2 is 1.06 bits per heavy atom. The number of carbonyl (C=O) groups excluding carboxylic acids is 1. The van der Waals surface area contributed by atoms with Crippen LogP contribution in [-0.4, -0.2) is 49.9 Å². The third kappa shape index (κ3) is 36.3. The monoisotopic (exact) mass is 690 g/mol. The molecule has 0 spiro atoms. The number of phosphoric acid groups is 1. The molecule has 280 valence electrons. The molecule has 0 saturated carbocycles. The molecule has 0 saturated heterocycles. The molecule has 3 N–H and O–H groups in total. The van der Waals surface area contributed by atoms with E-state index in [-0.39, 0.29) is 32.3 Å². The first-order chi connectivity index (χ1) is 22.9. The Bertz CT molecular complexity index is 737. The highest BCUT2D eigenvalue weighted by Crippen LogP contribution is 2.43. The summed E-state index contributed by atoms with van der Waals surface area (Å²) in [6.45, 7) is 4.93. The standard InChI is InChI=1S/C38H76NO7P/c1-3-5-7-9-11-13-15-17-18-19-20-21-23-25-27-29-31-38(40)46-37(36-45-47(41,42)44-34-32-39)35-43-33-30-28-26-24-22-16-14-12-10-8-6-4-2/h18-19,37H,3-17,20-36,39H2,1-2H3,(H,41,42)/b19-18-. The summed E-state index contributed by atoms with van der Waals surface area (Å²) in [5.41, 5.74) is 5.35. The minimum atomic E-state index is -4.27. The molecular weight excluding hydrogens is 613 g/mol. The number of esters is 1. The third-order valence-corrected chi connectivity index (χ3v) is 9.42. The van der Waals surface area contributed by atoms with Gasteiger partial charge in [-0.2, -0.15) is 0 Å². The van der Waals surface area contributed by atoms with Crippen molar-refractivity contribution in [2.75, 3.05) is 33.0 Å². The molecule has 0 aromatic carbocycles.